The highest BCUT2D eigenvalue weighted by molar-refractivity contribution is 7.11. The van der Waals surface area contributed by atoms with E-state index in [1.807, 2.05) is 5.38 Å². The van der Waals surface area contributed by atoms with Gasteiger partial charge in [-0.15, -0.1) is 11.3 Å². The monoisotopic (exact) mass is 270 g/mol. The third-order valence-corrected chi connectivity index (χ3v) is 4.12. The molecule has 1 aliphatic rings. The summed E-state index contributed by atoms with van der Waals surface area (Å²) in [4.78, 5) is 17.8. The van der Waals surface area contributed by atoms with Crippen LogP contribution in [0.1, 0.15) is 28.3 Å². The lowest BCUT2D eigenvalue weighted by atomic mass is 9.98. The van der Waals surface area contributed by atoms with Crippen LogP contribution in [0.2, 0.25) is 0 Å². The molecule has 1 fully saturated rings. The molecule has 2 heterocycles. The molecule has 1 aliphatic heterocycles. The number of aliphatic hydroxyl groups excluding tert-OH is 1. The smallest absolute Gasteiger partial charge is 0.294 e. The maximum Gasteiger partial charge on any atom is 0.294 e. The highest BCUT2D eigenvalue weighted by Gasteiger charge is 2.19. The Morgan fingerprint density at radius 1 is 1.61 bits per heavy atom. The van der Waals surface area contributed by atoms with Crippen molar-refractivity contribution in [2.75, 3.05) is 19.7 Å². The van der Waals surface area contributed by atoms with Crippen molar-refractivity contribution in [3.8, 4) is 0 Å². The molecule has 4 N–H and O–H groups in total. The van der Waals surface area contributed by atoms with Crippen LogP contribution in [-0.4, -0.2) is 40.6 Å². The number of nitrogens with two attached hydrogens (primary N) is 1. The van der Waals surface area contributed by atoms with Gasteiger partial charge in [-0.3, -0.25) is 15.1 Å². The fraction of sp³-hybridized carbons (Fsp3) is 0.636. The number of carbonyl (C=O) groups is 1. The molecule has 0 atom stereocenters. The minimum atomic E-state index is -0.342. The number of nitrogens with zero attached hydrogens (tertiary/aromatic N) is 2. The molecule has 0 aromatic carbocycles. The molecular weight excluding hydrogens is 252 g/mol. The highest BCUT2D eigenvalue weighted by Crippen LogP contribution is 2.19. The summed E-state index contributed by atoms with van der Waals surface area (Å²) >= 11 is 1.31. The molecule has 1 saturated heterocycles. The molecule has 0 saturated carbocycles. The third-order valence-electron chi connectivity index (χ3n) is 3.23. The fourth-order valence-electron chi connectivity index (χ4n) is 2.10. The van der Waals surface area contributed by atoms with E-state index in [0.29, 0.717) is 10.9 Å². The predicted octanol–water partition coefficient (Wildman–Crippen LogP) is -0.0491. The molecule has 100 valence electrons. The van der Waals surface area contributed by atoms with Crippen LogP contribution in [0.3, 0.4) is 0 Å². The predicted molar refractivity (Wildman–Crippen MR) is 68.9 cm³/mol. The van der Waals surface area contributed by atoms with Crippen LogP contribution in [0.15, 0.2) is 5.38 Å². The molecule has 1 aromatic heterocycles. The van der Waals surface area contributed by atoms with Gasteiger partial charge in [-0.1, -0.05) is 0 Å². The summed E-state index contributed by atoms with van der Waals surface area (Å²) in [5.74, 6) is 5.16. The van der Waals surface area contributed by atoms with Crippen molar-refractivity contribution in [2.24, 2.45) is 11.8 Å². The maximum atomic E-state index is 11.3. The Hall–Kier alpha value is -1.02. The number of aliphatic hydroxyl groups is 1. The summed E-state index contributed by atoms with van der Waals surface area (Å²) in [7, 11) is 0. The zero-order chi connectivity index (χ0) is 13.0. The van der Waals surface area contributed by atoms with Gasteiger partial charge in [-0.2, -0.15) is 0 Å². The molecule has 1 amide bonds. The molecule has 0 bridgehead atoms. The first-order valence-electron chi connectivity index (χ1n) is 6.01. The first-order valence-corrected chi connectivity index (χ1v) is 6.89. The van der Waals surface area contributed by atoms with Crippen molar-refractivity contribution < 1.29 is 9.90 Å². The summed E-state index contributed by atoms with van der Waals surface area (Å²) in [5.41, 5.74) is 2.98. The molecule has 6 nitrogen and oxygen atoms in total. The van der Waals surface area contributed by atoms with E-state index in [0.717, 1.165) is 38.2 Å². The van der Waals surface area contributed by atoms with Gasteiger partial charge in [0.2, 0.25) is 0 Å². The molecule has 1 aromatic rings. The Morgan fingerprint density at radius 3 is 2.94 bits per heavy atom. The van der Waals surface area contributed by atoms with E-state index in [-0.39, 0.29) is 12.5 Å². The second-order valence-corrected chi connectivity index (χ2v) is 5.38. The standard InChI is InChI=1S/C11H18N4O2S/c12-14-10(17)11-13-9(7-18-11)5-15-3-1-8(6-16)2-4-15/h7-8,16H,1-6,12H2,(H,14,17). The zero-order valence-electron chi connectivity index (χ0n) is 10.1. The number of piperidine rings is 1. The fourth-order valence-corrected chi connectivity index (χ4v) is 2.81. The number of hydrogen-bond donors (Lipinski definition) is 3. The normalized spacial score (nSPS) is 17.9. The minimum absolute atomic E-state index is 0.283. The minimum Gasteiger partial charge on any atom is -0.396 e. The lowest BCUT2D eigenvalue weighted by Crippen LogP contribution is -2.34. The number of likely N-dealkylation sites (tertiary alicyclic amines) is 1. The third kappa shape index (κ3) is 3.26. The Morgan fingerprint density at radius 2 is 2.33 bits per heavy atom. The molecule has 0 radical (unpaired) electrons. The summed E-state index contributed by atoms with van der Waals surface area (Å²) in [6.07, 6.45) is 2.05. The molecule has 2 rings (SSSR count). The number of amides is 1. The van der Waals surface area contributed by atoms with E-state index in [4.69, 9.17) is 10.9 Å². The van der Waals surface area contributed by atoms with Crippen LogP contribution >= 0.6 is 11.3 Å². The first kappa shape index (κ1) is 13.4. The molecule has 7 heteroatoms. The summed E-state index contributed by atoms with van der Waals surface area (Å²) in [5, 5.41) is 11.4. The van der Waals surface area contributed by atoms with E-state index in [9.17, 15) is 4.79 Å². The number of carbonyl (C=O) groups excluding carboxylic acids is 1. The highest BCUT2D eigenvalue weighted by atomic mass is 32.1. The van der Waals surface area contributed by atoms with Gasteiger partial charge >= 0.3 is 0 Å². The van der Waals surface area contributed by atoms with Crippen LogP contribution in [0.5, 0.6) is 0 Å². The SMILES string of the molecule is NNC(=O)c1nc(CN2CCC(CO)CC2)cs1. The van der Waals surface area contributed by atoms with Gasteiger partial charge in [0.15, 0.2) is 5.01 Å². The van der Waals surface area contributed by atoms with E-state index in [2.05, 4.69) is 15.3 Å². The van der Waals surface area contributed by atoms with Crippen molar-refractivity contribution in [2.45, 2.75) is 19.4 Å². The molecule has 18 heavy (non-hydrogen) atoms. The molecule has 0 spiro atoms. The van der Waals surface area contributed by atoms with Gasteiger partial charge in [0.25, 0.3) is 5.91 Å². The second-order valence-electron chi connectivity index (χ2n) is 4.52. The zero-order valence-corrected chi connectivity index (χ0v) is 10.9. The number of thiazole rings is 1. The van der Waals surface area contributed by atoms with Crippen molar-refractivity contribution in [1.29, 1.82) is 0 Å². The van der Waals surface area contributed by atoms with Crippen LogP contribution in [0, 0.1) is 5.92 Å². The molecular formula is C11H18N4O2S. The van der Waals surface area contributed by atoms with Gasteiger partial charge in [0, 0.05) is 18.5 Å². The topological polar surface area (TPSA) is 91.5 Å². The average molecular weight is 270 g/mol. The molecule has 0 unspecified atom stereocenters. The van der Waals surface area contributed by atoms with Crippen molar-refractivity contribution in [3.63, 3.8) is 0 Å². The van der Waals surface area contributed by atoms with Crippen LogP contribution in [-0.2, 0) is 6.54 Å². The number of nitrogens with one attached hydrogen (secondary N) is 1. The van der Waals surface area contributed by atoms with Gasteiger partial charge in [0.1, 0.15) is 0 Å². The van der Waals surface area contributed by atoms with E-state index in [1.165, 1.54) is 11.3 Å². The maximum absolute atomic E-state index is 11.3. The Labute approximate surface area is 110 Å². The summed E-state index contributed by atoms with van der Waals surface area (Å²) in [6, 6.07) is 0. The number of hydrazine groups is 1. The Bertz CT molecular complexity index is 402. The Balaban J connectivity index is 1.86. The van der Waals surface area contributed by atoms with Crippen molar-refractivity contribution in [1.82, 2.24) is 15.3 Å². The quantitative estimate of drug-likeness (QED) is 0.405. The lowest BCUT2D eigenvalue weighted by molar-refractivity contribution is 0.0952. The van der Waals surface area contributed by atoms with Gasteiger partial charge in [0.05, 0.1) is 5.69 Å². The van der Waals surface area contributed by atoms with Gasteiger partial charge in [-0.05, 0) is 31.8 Å². The van der Waals surface area contributed by atoms with Crippen LogP contribution in [0.25, 0.3) is 0 Å². The van der Waals surface area contributed by atoms with Gasteiger partial charge in [-0.25, -0.2) is 10.8 Å². The van der Waals surface area contributed by atoms with E-state index < -0.39 is 0 Å². The number of nitrogen functional groups attached to an aromatic ring is 1. The van der Waals surface area contributed by atoms with E-state index >= 15 is 0 Å². The number of aromatic nitrogens is 1. The number of rotatable bonds is 4. The molecule has 0 aliphatic carbocycles. The van der Waals surface area contributed by atoms with Crippen molar-refractivity contribution in [3.05, 3.63) is 16.1 Å². The van der Waals surface area contributed by atoms with Crippen molar-refractivity contribution >= 4 is 17.2 Å². The second kappa shape index (κ2) is 6.24. The Kier molecular flexibility index (Phi) is 4.65. The van der Waals surface area contributed by atoms with Crippen LogP contribution < -0.4 is 11.3 Å². The first-order chi connectivity index (χ1) is 8.72. The summed E-state index contributed by atoms with van der Waals surface area (Å²) < 4.78 is 0. The van der Waals surface area contributed by atoms with Gasteiger partial charge < -0.3 is 5.11 Å². The lowest BCUT2D eigenvalue weighted by Gasteiger charge is -2.30. The largest absolute Gasteiger partial charge is 0.396 e. The number of hydrogen-bond acceptors (Lipinski definition) is 6. The summed E-state index contributed by atoms with van der Waals surface area (Å²) in [6.45, 7) is 2.99. The van der Waals surface area contributed by atoms with Crippen LogP contribution in [0.4, 0.5) is 0 Å². The average Bonchev–Trinajstić information content (AvgIpc) is 2.87. The van der Waals surface area contributed by atoms with E-state index in [1.54, 1.807) is 0 Å².